The molecule has 30 heavy (non-hydrogen) atoms. The molecule has 0 aromatic heterocycles. The van der Waals surface area contributed by atoms with E-state index < -0.39 is 9.28 Å². The first kappa shape index (κ1) is 24.6. The highest BCUT2D eigenvalue weighted by atomic mass is 28.3. The summed E-state index contributed by atoms with van der Waals surface area (Å²) in [4.78, 5) is 0. The van der Waals surface area contributed by atoms with Gasteiger partial charge in [-0.3, -0.25) is 0 Å². The summed E-state index contributed by atoms with van der Waals surface area (Å²) in [7, 11) is -1.68. The molecular weight excluding hydrogens is 388 g/mol. The third-order valence-corrected chi connectivity index (χ3v) is 7.73. The second-order valence-electron chi connectivity index (χ2n) is 8.69. The van der Waals surface area contributed by atoms with Crippen LogP contribution in [0, 0.1) is 0 Å². The number of aryl methyl sites for hydroxylation is 2. The molecule has 0 radical (unpaired) electrons. The quantitative estimate of drug-likeness (QED) is 0.282. The summed E-state index contributed by atoms with van der Waals surface area (Å²) < 4.78 is 12.1. The van der Waals surface area contributed by atoms with Gasteiger partial charge in [0.05, 0.1) is 0 Å². The summed E-state index contributed by atoms with van der Waals surface area (Å²) in [6.07, 6.45) is 7.26. The van der Waals surface area contributed by atoms with Crippen molar-refractivity contribution in [1.29, 1.82) is 0 Å². The van der Waals surface area contributed by atoms with E-state index in [9.17, 15) is 5.11 Å². The number of phenols is 1. The van der Waals surface area contributed by atoms with Crippen LogP contribution >= 0.6 is 0 Å². The van der Waals surface area contributed by atoms with Gasteiger partial charge in [-0.1, -0.05) is 50.1 Å². The van der Waals surface area contributed by atoms with Crippen LogP contribution in [0.2, 0.25) is 6.04 Å². The molecule has 0 unspecified atom stereocenters. The monoisotopic (exact) mass is 428 g/mol. The van der Waals surface area contributed by atoms with Crippen molar-refractivity contribution in [2.75, 3.05) is 0 Å². The molecule has 1 N–H and O–H groups in total. The van der Waals surface area contributed by atoms with E-state index in [0.717, 1.165) is 25.3 Å². The number of hydrogen-bond acceptors (Lipinski definition) is 3. The summed E-state index contributed by atoms with van der Waals surface area (Å²) >= 11 is 0. The van der Waals surface area contributed by atoms with Gasteiger partial charge in [0.2, 0.25) is 0 Å². The topological polar surface area (TPSA) is 38.7 Å². The Bertz CT molecular complexity index is 730. The molecule has 0 amide bonds. The SMILES string of the molecule is CCCCCc1ccc(-c2ccc(O)cc2CCC[SiH](OC(C)C)OC(C)C)cc1. The minimum Gasteiger partial charge on any atom is -0.508 e. The number of phenolic OH excluding ortho intramolecular Hbond substituents is 1. The zero-order chi connectivity index (χ0) is 21.9. The van der Waals surface area contributed by atoms with Crippen molar-refractivity contribution in [1.82, 2.24) is 0 Å². The molecule has 2 aromatic rings. The molecular formula is C26H40O3Si. The van der Waals surface area contributed by atoms with Gasteiger partial charge < -0.3 is 14.0 Å². The summed E-state index contributed by atoms with van der Waals surface area (Å²) in [5.74, 6) is 0.329. The van der Waals surface area contributed by atoms with Gasteiger partial charge in [-0.2, -0.15) is 0 Å². The lowest BCUT2D eigenvalue weighted by atomic mass is 9.95. The van der Waals surface area contributed by atoms with Crippen LogP contribution in [0.15, 0.2) is 42.5 Å². The Morgan fingerprint density at radius 2 is 1.50 bits per heavy atom. The van der Waals surface area contributed by atoms with Gasteiger partial charge in [-0.25, -0.2) is 0 Å². The lowest BCUT2D eigenvalue weighted by Crippen LogP contribution is -2.29. The second kappa shape index (κ2) is 12.9. The molecule has 0 aliphatic rings. The zero-order valence-corrected chi connectivity index (χ0v) is 20.6. The van der Waals surface area contributed by atoms with Crippen molar-refractivity contribution >= 4 is 9.28 Å². The third kappa shape index (κ3) is 8.63. The molecule has 0 saturated heterocycles. The summed E-state index contributed by atoms with van der Waals surface area (Å²) in [5, 5.41) is 10.1. The lowest BCUT2D eigenvalue weighted by Gasteiger charge is -2.21. The van der Waals surface area contributed by atoms with E-state index in [1.807, 2.05) is 12.1 Å². The predicted molar refractivity (Wildman–Crippen MR) is 129 cm³/mol. The van der Waals surface area contributed by atoms with Crippen LogP contribution < -0.4 is 0 Å². The second-order valence-corrected chi connectivity index (χ2v) is 10.7. The Morgan fingerprint density at radius 3 is 2.10 bits per heavy atom. The lowest BCUT2D eigenvalue weighted by molar-refractivity contribution is 0.129. The average molecular weight is 429 g/mol. The Morgan fingerprint density at radius 1 is 0.833 bits per heavy atom. The fourth-order valence-corrected chi connectivity index (χ4v) is 5.82. The van der Waals surface area contributed by atoms with Crippen LogP contribution in [0.3, 0.4) is 0 Å². The molecule has 3 nitrogen and oxygen atoms in total. The molecule has 166 valence electrons. The molecule has 0 bridgehead atoms. The summed E-state index contributed by atoms with van der Waals surface area (Å²) in [6, 6.07) is 15.7. The molecule has 0 atom stereocenters. The van der Waals surface area contributed by atoms with E-state index in [0.29, 0.717) is 5.75 Å². The van der Waals surface area contributed by atoms with E-state index in [1.54, 1.807) is 6.07 Å². The predicted octanol–water partition coefficient (Wildman–Crippen LogP) is 6.80. The van der Waals surface area contributed by atoms with Gasteiger partial charge in [-0.05, 0) is 93.8 Å². The van der Waals surface area contributed by atoms with Crippen molar-refractivity contribution in [3.05, 3.63) is 53.6 Å². The number of unbranched alkanes of at least 4 members (excludes halogenated alkanes) is 2. The van der Waals surface area contributed by atoms with E-state index >= 15 is 0 Å². The van der Waals surface area contributed by atoms with Gasteiger partial charge in [0, 0.05) is 12.2 Å². The van der Waals surface area contributed by atoms with E-state index in [1.165, 1.54) is 41.5 Å². The largest absolute Gasteiger partial charge is 0.508 e. The summed E-state index contributed by atoms with van der Waals surface area (Å²) in [6.45, 7) is 10.5. The highest BCUT2D eigenvalue weighted by molar-refractivity contribution is 6.44. The van der Waals surface area contributed by atoms with E-state index in [4.69, 9.17) is 8.85 Å². The Hall–Kier alpha value is -1.62. The van der Waals surface area contributed by atoms with Crippen molar-refractivity contribution in [2.24, 2.45) is 0 Å². The first-order valence-electron chi connectivity index (χ1n) is 11.6. The Labute approximate surface area is 185 Å². The van der Waals surface area contributed by atoms with Crippen LogP contribution in [-0.4, -0.2) is 26.6 Å². The minimum atomic E-state index is -1.68. The molecule has 0 fully saturated rings. The van der Waals surface area contributed by atoms with Gasteiger partial charge in [0.15, 0.2) is 0 Å². The fraction of sp³-hybridized carbons (Fsp3) is 0.538. The average Bonchev–Trinajstić information content (AvgIpc) is 2.68. The Balaban J connectivity index is 2.05. The maximum Gasteiger partial charge on any atom is 0.321 e. The minimum absolute atomic E-state index is 0.201. The number of aromatic hydroxyl groups is 1. The van der Waals surface area contributed by atoms with Crippen molar-refractivity contribution in [2.45, 2.75) is 91.4 Å². The maximum absolute atomic E-state index is 10.1. The number of benzene rings is 2. The van der Waals surface area contributed by atoms with Crippen LogP contribution in [0.25, 0.3) is 11.1 Å². The molecule has 2 rings (SSSR count). The Kier molecular flexibility index (Phi) is 10.6. The van der Waals surface area contributed by atoms with Crippen molar-refractivity contribution < 1.29 is 14.0 Å². The fourth-order valence-electron chi connectivity index (χ4n) is 3.73. The zero-order valence-electron chi connectivity index (χ0n) is 19.5. The van der Waals surface area contributed by atoms with Gasteiger partial charge in [0.25, 0.3) is 0 Å². The standard InChI is InChI=1S/C26H40O3Si/c1-6-7-8-10-22-12-14-23(15-13-22)26-17-16-25(27)19-24(26)11-9-18-30(28-20(2)3)29-21(4)5/h12-17,19-21,27,30H,6-11,18H2,1-5H3. The molecule has 0 spiro atoms. The van der Waals surface area contributed by atoms with Crippen molar-refractivity contribution in [3.63, 3.8) is 0 Å². The number of hydrogen-bond donors (Lipinski definition) is 1. The summed E-state index contributed by atoms with van der Waals surface area (Å²) in [5.41, 5.74) is 5.02. The normalized spacial score (nSPS) is 11.7. The molecule has 2 aromatic carbocycles. The molecule has 4 heteroatoms. The first-order chi connectivity index (χ1) is 14.4. The molecule has 0 saturated carbocycles. The van der Waals surface area contributed by atoms with Crippen LogP contribution in [0.5, 0.6) is 5.75 Å². The van der Waals surface area contributed by atoms with Gasteiger partial charge in [-0.15, -0.1) is 0 Å². The van der Waals surface area contributed by atoms with E-state index in [-0.39, 0.29) is 12.2 Å². The van der Waals surface area contributed by atoms with Crippen LogP contribution in [0.1, 0.15) is 71.4 Å². The third-order valence-electron chi connectivity index (χ3n) is 5.16. The van der Waals surface area contributed by atoms with Crippen molar-refractivity contribution in [3.8, 4) is 16.9 Å². The molecule has 0 aliphatic carbocycles. The van der Waals surface area contributed by atoms with Crippen LogP contribution in [0.4, 0.5) is 0 Å². The highest BCUT2D eigenvalue weighted by Crippen LogP contribution is 2.29. The molecule has 0 heterocycles. The first-order valence-corrected chi connectivity index (χ1v) is 13.4. The maximum atomic E-state index is 10.1. The van der Waals surface area contributed by atoms with Gasteiger partial charge in [0.1, 0.15) is 5.75 Å². The van der Waals surface area contributed by atoms with Gasteiger partial charge >= 0.3 is 9.28 Å². The number of rotatable bonds is 13. The van der Waals surface area contributed by atoms with E-state index in [2.05, 4.69) is 58.9 Å². The highest BCUT2D eigenvalue weighted by Gasteiger charge is 2.17. The van der Waals surface area contributed by atoms with Crippen LogP contribution in [-0.2, 0) is 21.7 Å². The smallest absolute Gasteiger partial charge is 0.321 e. The molecule has 0 aliphatic heterocycles.